The smallest absolute Gasteiger partial charge is 0.268 e. The molecule has 134 valence electrons. The van der Waals surface area contributed by atoms with Gasteiger partial charge in [0.25, 0.3) is 5.56 Å². The third-order valence-corrected chi connectivity index (χ3v) is 4.74. The SMILES string of the molecule is O=c1c(Br)c(OCc2ccc(F)cc2)ccn1Cc1ccccc1CO. The van der Waals surface area contributed by atoms with E-state index in [2.05, 4.69) is 15.9 Å². The third kappa shape index (κ3) is 4.20. The second kappa shape index (κ2) is 8.29. The molecule has 0 aliphatic heterocycles. The highest BCUT2D eigenvalue weighted by Crippen LogP contribution is 2.22. The van der Waals surface area contributed by atoms with Crippen molar-refractivity contribution < 1.29 is 14.2 Å². The van der Waals surface area contributed by atoms with Gasteiger partial charge in [-0.2, -0.15) is 0 Å². The van der Waals surface area contributed by atoms with E-state index in [-0.39, 0.29) is 24.6 Å². The molecule has 0 unspecified atom stereocenters. The van der Waals surface area contributed by atoms with E-state index in [4.69, 9.17) is 4.74 Å². The Morgan fingerprint density at radius 2 is 1.73 bits per heavy atom. The minimum Gasteiger partial charge on any atom is -0.487 e. The molecule has 1 aromatic heterocycles. The summed E-state index contributed by atoms with van der Waals surface area (Å²) in [6, 6.07) is 15.1. The Labute approximate surface area is 158 Å². The molecule has 0 saturated heterocycles. The number of hydrogen-bond acceptors (Lipinski definition) is 3. The Kier molecular flexibility index (Phi) is 5.85. The maximum Gasteiger partial charge on any atom is 0.268 e. The summed E-state index contributed by atoms with van der Waals surface area (Å²) in [6.07, 6.45) is 1.65. The van der Waals surface area contributed by atoms with Crippen LogP contribution >= 0.6 is 15.9 Å². The van der Waals surface area contributed by atoms with Gasteiger partial charge in [0.1, 0.15) is 22.6 Å². The van der Waals surface area contributed by atoms with Crippen LogP contribution in [0.25, 0.3) is 0 Å². The molecule has 0 bridgehead atoms. The Morgan fingerprint density at radius 1 is 1.04 bits per heavy atom. The van der Waals surface area contributed by atoms with Crippen LogP contribution in [0.15, 0.2) is 70.1 Å². The van der Waals surface area contributed by atoms with Crippen molar-refractivity contribution in [3.63, 3.8) is 0 Å². The average molecular weight is 418 g/mol. The molecule has 0 radical (unpaired) electrons. The number of hydrogen-bond donors (Lipinski definition) is 1. The van der Waals surface area contributed by atoms with E-state index < -0.39 is 0 Å². The quantitative estimate of drug-likeness (QED) is 0.662. The summed E-state index contributed by atoms with van der Waals surface area (Å²) in [4.78, 5) is 12.6. The molecule has 0 spiro atoms. The Hall–Kier alpha value is -2.44. The van der Waals surface area contributed by atoms with Gasteiger partial charge in [0, 0.05) is 6.20 Å². The van der Waals surface area contributed by atoms with Gasteiger partial charge in [-0.1, -0.05) is 36.4 Å². The summed E-state index contributed by atoms with van der Waals surface area (Å²) in [7, 11) is 0. The van der Waals surface area contributed by atoms with Gasteiger partial charge >= 0.3 is 0 Å². The number of aromatic nitrogens is 1. The molecule has 0 aliphatic carbocycles. The van der Waals surface area contributed by atoms with Crippen LogP contribution in [0.3, 0.4) is 0 Å². The van der Waals surface area contributed by atoms with Crippen LogP contribution in [0.4, 0.5) is 4.39 Å². The summed E-state index contributed by atoms with van der Waals surface area (Å²) in [5, 5.41) is 9.42. The normalized spacial score (nSPS) is 10.7. The second-order valence-corrected chi connectivity index (χ2v) is 6.56. The number of nitrogens with zero attached hydrogens (tertiary/aromatic N) is 1. The Morgan fingerprint density at radius 3 is 2.42 bits per heavy atom. The van der Waals surface area contributed by atoms with Gasteiger partial charge in [0.2, 0.25) is 0 Å². The molecule has 0 saturated carbocycles. The average Bonchev–Trinajstić information content (AvgIpc) is 2.66. The first kappa shape index (κ1) is 18.4. The molecule has 4 nitrogen and oxygen atoms in total. The van der Waals surface area contributed by atoms with E-state index in [0.717, 1.165) is 16.7 Å². The fraction of sp³-hybridized carbons (Fsp3) is 0.150. The third-order valence-electron chi connectivity index (χ3n) is 4.01. The molecular formula is C20H17BrFNO3. The molecule has 3 aromatic rings. The van der Waals surface area contributed by atoms with Crippen molar-refractivity contribution in [2.75, 3.05) is 0 Å². The van der Waals surface area contributed by atoms with E-state index in [1.54, 1.807) is 29.0 Å². The first-order chi connectivity index (χ1) is 12.6. The van der Waals surface area contributed by atoms with Gasteiger partial charge in [-0.15, -0.1) is 0 Å². The fourth-order valence-corrected chi connectivity index (χ4v) is 3.03. The maximum absolute atomic E-state index is 12.9. The van der Waals surface area contributed by atoms with E-state index in [1.807, 2.05) is 24.3 Å². The van der Waals surface area contributed by atoms with Crippen LogP contribution in [0.1, 0.15) is 16.7 Å². The van der Waals surface area contributed by atoms with Crippen molar-refractivity contribution in [1.82, 2.24) is 4.57 Å². The molecule has 2 aromatic carbocycles. The summed E-state index contributed by atoms with van der Waals surface area (Å²) in [5.41, 5.74) is 2.24. The fourth-order valence-electron chi connectivity index (χ4n) is 2.56. The van der Waals surface area contributed by atoms with Gasteiger partial charge in [0.05, 0.1) is 13.2 Å². The first-order valence-electron chi connectivity index (χ1n) is 8.02. The highest BCUT2D eigenvalue weighted by atomic mass is 79.9. The Bertz CT molecular complexity index is 954. The van der Waals surface area contributed by atoms with Crippen LogP contribution in [-0.2, 0) is 19.8 Å². The molecule has 3 rings (SSSR count). The molecule has 1 N–H and O–H groups in total. The maximum atomic E-state index is 12.9. The molecule has 0 amide bonds. The topological polar surface area (TPSA) is 51.5 Å². The van der Waals surface area contributed by atoms with Crippen molar-refractivity contribution in [2.24, 2.45) is 0 Å². The number of pyridine rings is 1. The molecule has 1 heterocycles. The second-order valence-electron chi connectivity index (χ2n) is 5.77. The zero-order valence-electron chi connectivity index (χ0n) is 13.9. The predicted molar refractivity (Wildman–Crippen MR) is 101 cm³/mol. The monoisotopic (exact) mass is 417 g/mol. The Balaban J connectivity index is 1.78. The van der Waals surface area contributed by atoms with Crippen molar-refractivity contribution in [3.05, 3.63) is 98.1 Å². The molecule has 6 heteroatoms. The van der Waals surface area contributed by atoms with Gasteiger partial charge < -0.3 is 14.4 Å². The zero-order valence-corrected chi connectivity index (χ0v) is 15.4. The summed E-state index contributed by atoms with van der Waals surface area (Å²) in [6.45, 7) is 0.507. The lowest BCUT2D eigenvalue weighted by Gasteiger charge is -2.13. The minimum atomic E-state index is -0.305. The minimum absolute atomic E-state index is 0.0784. The molecule has 0 atom stereocenters. The van der Waals surface area contributed by atoms with Crippen molar-refractivity contribution >= 4 is 15.9 Å². The number of aliphatic hydroxyl groups excluding tert-OH is 1. The van der Waals surface area contributed by atoms with E-state index in [0.29, 0.717) is 16.8 Å². The lowest BCUT2D eigenvalue weighted by molar-refractivity contribution is 0.280. The lowest BCUT2D eigenvalue weighted by atomic mass is 10.1. The number of aliphatic hydroxyl groups is 1. The van der Waals surface area contributed by atoms with Crippen LogP contribution < -0.4 is 10.3 Å². The number of halogens is 2. The standard InChI is InChI=1S/C20H17BrFNO3/c21-19-18(26-13-14-5-7-17(22)8-6-14)9-10-23(20(19)25)11-15-3-1-2-4-16(15)12-24/h1-10,24H,11-13H2. The number of benzene rings is 2. The van der Waals surface area contributed by atoms with Crippen molar-refractivity contribution in [3.8, 4) is 5.75 Å². The summed E-state index contributed by atoms with van der Waals surface area (Å²) >= 11 is 3.30. The van der Waals surface area contributed by atoms with Crippen LogP contribution in [-0.4, -0.2) is 9.67 Å². The van der Waals surface area contributed by atoms with Crippen molar-refractivity contribution in [2.45, 2.75) is 19.8 Å². The summed E-state index contributed by atoms with van der Waals surface area (Å²) < 4.78 is 20.5. The van der Waals surface area contributed by atoms with Gasteiger partial charge in [-0.25, -0.2) is 4.39 Å². The van der Waals surface area contributed by atoms with Crippen molar-refractivity contribution in [1.29, 1.82) is 0 Å². The summed E-state index contributed by atoms with van der Waals surface area (Å²) in [5.74, 6) is 0.117. The first-order valence-corrected chi connectivity index (χ1v) is 8.81. The van der Waals surface area contributed by atoms with Gasteiger partial charge in [-0.3, -0.25) is 4.79 Å². The van der Waals surface area contributed by atoms with E-state index in [9.17, 15) is 14.3 Å². The largest absolute Gasteiger partial charge is 0.487 e. The van der Waals surface area contributed by atoms with Crippen LogP contribution in [0, 0.1) is 5.82 Å². The molecular weight excluding hydrogens is 401 g/mol. The lowest BCUT2D eigenvalue weighted by Crippen LogP contribution is -2.21. The predicted octanol–water partition coefficient (Wildman–Crippen LogP) is 3.87. The molecule has 0 aliphatic rings. The van der Waals surface area contributed by atoms with Crippen LogP contribution in [0.5, 0.6) is 5.75 Å². The highest BCUT2D eigenvalue weighted by Gasteiger charge is 2.10. The highest BCUT2D eigenvalue weighted by molar-refractivity contribution is 9.10. The number of rotatable bonds is 6. The van der Waals surface area contributed by atoms with E-state index >= 15 is 0 Å². The van der Waals surface area contributed by atoms with E-state index in [1.165, 1.54) is 12.1 Å². The zero-order chi connectivity index (χ0) is 18.5. The van der Waals surface area contributed by atoms with Gasteiger partial charge in [-0.05, 0) is 50.8 Å². The van der Waals surface area contributed by atoms with Crippen LogP contribution in [0.2, 0.25) is 0 Å². The number of ether oxygens (including phenoxy) is 1. The van der Waals surface area contributed by atoms with Gasteiger partial charge in [0.15, 0.2) is 0 Å². The molecule has 26 heavy (non-hydrogen) atoms. The molecule has 0 fully saturated rings.